The summed E-state index contributed by atoms with van der Waals surface area (Å²) in [5, 5.41) is 13.8. The number of aromatic hydroxyl groups is 1. The van der Waals surface area contributed by atoms with Gasteiger partial charge in [0.05, 0.1) is 11.2 Å². The van der Waals surface area contributed by atoms with Crippen LogP contribution >= 0.6 is 0 Å². The molecular formula is C21H19FN4O4S. The summed E-state index contributed by atoms with van der Waals surface area (Å²) in [4.78, 5) is 13.2. The van der Waals surface area contributed by atoms with Gasteiger partial charge in [-0.3, -0.25) is 4.79 Å². The first kappa shape index (κ1) is 19.6. The number of nitrogens with two attached hydrogens (primary N) is 1. The summed E-state index contributed by atoms with van der Waals surface area (Å²) in [5.41, 5.74) is 5.57. The van der Waals surface area contributed by atoms with Crippen LogP contribution in [-0.4, -0.2) is 23.9 Å². The van der Waals surface area contributed by atoms with Gasteiger partial charge in [-0.05, 0) is 48.7 Å². The van der Waals surface area contributed by atoms with E-state index in [1.165, 1.54) is 34.9 Å². The maximum absolute atomic E-state index is 14.0. The molecule has 5 rings (SSSR count). The van der Waals surface area contributed by atoms with Gasteiger partial charge in [0.1, 0.15) is 22.0 Å². The minimum atomic E-state index is -4.17. The second-order valence-electron chi connectivity index (χ2n) is 7.87. The number of hydrogen-bond donors (Lipinski definition) is 3. The number of anilines is 2. The van der Waals surface area contributed by atoms with Crippen LogP contribution in [0.15, 0.2) is 50.5 Å². The number of aryl methyl sites for hydroxylation is 1. The highest BCUT2D eigenvalue weighted by Crippen LogP contribution is 2.35. The summed E-state index contributed by atoms with van der Waals surface area (Å²) in [6.45, 7) is 0.367. The van der Waals surface area contributed by atoms with Gasteiger partial charge in [-0.1, -0.05) is 12.8 Å². The highest BCUT2D eigenvalue weighted by molar-refractivity contribution is 7.90. The Kier molecular flexibility index (Phi) is 4.30. The first-order valence-corrected chi connectivity index (χ1v) is 11.3. The summed E-state index contributed by atoms with van der Waals surface area (Å²) in [5.74, 6) is -0.899. The number of hydrogen-bond acceptors (Lipinski definition) is 6. The number of amidine groups is 1. The van der Waals surface area contributed by atoms with Crippen molar-refractivity contribution in [1.82, 2.24) is 4.57 Å². The van der Waals surface area contributed by atoms with Crippen LogP contribution in [0.5, 0.6) is 5.75 Å². The normalized spacial score (nSPS) is 17.1. The molecule has 0 spiro atoms. The highest BCUT2D eigenvalue weighted by atomic mass is 32.2. The molecule has 0 atom stereocenters. The van der Waals surface area contributed by atoms with Gasteiger partial charge in [0, 0.05) is 17.6 Å². The van der Waals surface area contributed by atoms with Gasteiger partial charge in [-0.15, -0.1) is 4.40 Å². The molecule has 1 aromatic heterocycles. The third-order valence-corrected chi connectivity index (χ3v) is 6.96. The second kappa shape index (κ2) is 6.81. The molecule has 4 N–H and O–H groups in total. The molecule has 0 saturated heterocycles. The quantitative estimate of drug-likeness (QED) is 0.533. The molecule has 0 amide bonds. The minimum absolute atomic E-state index is 0.107. The second-order valence-corrected chi connectivity index (χ2v) is 9.44. The van der Waals surface area contributed by atoms with Crippen molar-refractivity contribution in [3.05, 3.63) is 58.1 Å². The van der Waals surface area contributed by atoms with Gasteiger partial charge in [-0.2, -0.15) is 8.42 Å². The van der Waals surface area contributed by atoms with E-state index in [0.29, 0.717) is 18.0 Å². The molecule has 1 aliphatic heterocycles. The molecule has 2 heterocycles. The molecule has 10 heteroatoms. The minimum Gasteiger partial charge on any atom is -0.506 e. The molecule has 0 unspecified atom stereocenters. The van der Waals surface area contributed by atoms with Gasteiger partial charge in [0.15, 0.2) is 5.84 Å². The largest absolute Gasteiger partial charge is 0.506 e. The molecule has 31 heavy (non-hydrogen) atoms. The number of rotatable bonds is 4. The fraction of sp³-hybridized carbons (Fsp3) is 0.238. The predicted molar refractivity (Wildman–Crippen MR) is 115 cm³/mol. The lowest BCUT2D eigenvalue weighted by molar-refractivity contribution is 0.476. The van der Waals surface area contributed by atoms with Crippen LogP contribution in [0.25, 0.3) is 10.9 Å². The zero-order valence-electron chi connectivity index (χ0n) is 16.3. The lowest BCUT2D eigenvalue weighted by atomic mass is 10.1. The Morgan fingerprint density at radius 1 is 1.23 bits per heavy atom. The average Bonchev–Trinajstić information content (AvgIpc) is 3.53. The smallest absolute Gasteiger partial charge is 0.286 e. The lowest BCUT2D eigenvalue weighted by Crippen LogP contribution is -2.33. The average molecular weight is 442 g/mol. The highest BCUT2D eigenvalue weighted by Gasteiger charge is 2.30. The monoisotopic (exact) mass is 442 g/mol. The molecule has 2 aliphatic rings. The van der Waals surface area contributed by atoms with Crippen molar-refractivity contribution in [2.75, 3.05) is 11.1 Å². The summed E-state index contributed by atoms with van der Waals surface area (Å²) in [6.07, 6.45) is 2.95. The number of halogens is 1. The number of aromatic nitrogens is 1. The van der Waals surface area contributed by atoms with Crippen molar-refractivity contribution in [2.24, 2.45) is 10.3 Å². The van der Waals surface area contributed by atoms with Crippen LogP contribution in [0.1, 0.15) is 24.8 Å². The topological polar surface area (TPSA) is 127 Å². The van der Waals surface area contributed by atoms with Crippen LogP contribution in [-0.2, 0) is 16.6 Å². The fourth-order valence-corrected chi connectivity index (χ4v) is 5.01. The van der Waals surface area contributed by atoms with Crippen LogP contribution in [0.4, 0.5) is 15.8 Å². The van der Waals surface area contributed by atoms with E-state index in [1.54, 1.807) is 0 Å². The van der Waals surface area contributed by atoms with Crippen molar-refractivity contribution in [3.63, 3.8) is 0 Å². The number of nitrogen functional groups attached to an aromatic ring is 1. The number of sulfonamides is 1. The molecule has 1 fully saturated rings. The van der Waals surface area contributed by atoms with Gasteiger partial charge >= 0.3 is 0 Å². The Morgan fingerprint density at radius 2 is 2.00 bits per heavy atom. The standard InChI is InChI=1S/C21H19FN4O4S/c22-12-3-6-16-14(9-12)19(27)18(21(28)26(16)8-7-11-1-2-11)20-24-15-5-4-13(23)10-17(15)31(29,30)25-20/h3-6,9-11,27H,1-2,7-8,23H2,(H,24,25). The van der Waals surface area contributed by atoms with Crippen LogP contribution in [0.3, 0.4) is 0 Å². The van der Waals surface area contributed by atoms with E-state index in [2.05, 4.69) is 9.71 Å². The Labute approximate surface area is 176 Å². The first-order chi connectivity index (χ1) is 14.7. The molecule has 2 aromatic carbocycles. The van der Waals surface area contributed by atoms with E-state index in [1.807, 2.05) is 0 Å². The summed E-state index contributed by atoms with van der Waals surface area (Å²) < 4.78 is 44.6. The molecule has 0 radical (unpaired) electrons. The van der Waals surface area contributed by atoms with Crippen LogP contribution in [0, 0.1) is 11.7 Å². The van der Waals surface area contributed by atoms with E-state index >= 15 is 0 Å². The van der Waals surface area contributed by atoms with E-state index < -0.39 is 27.1 Å². The first-order valence-electron chi connectivity index (χ1n) is 9.81. The van der Waals surface area contributed by atoms with Crippen molar-refractivity contribution in [1.29, 1.82) is 0 Å². The van der Waals surface area contributed by atoms with Crippen molar-refractivity contribution in [3.8, 4) is 5.75 Å². The zero-order chi connectivity index (χ0) is 21.9. The van der Waals surface area contributed by atoms with Crippen molar-refractivity contribution >= 4 is 38.1 Å². The molecule has 3 aromatic rings. The molecule has 8 nitrogen and oxygen atoms in total. The molecular weight excluding hydrogens is 423 g/mol. The van der Waals surface area contributed by atoms with Crippen LogP contribution < -0.4 is 16.6 Å². The SMILES string of the molecule is Nc1ccc2c(c1)S(=O)(=O)N=C(c1c(O)c3cc(F)ccc3n(CCC3CC3)c1=O)N2. The Bertz CT molecular complexity index is 1440. The molecule has 0 bridgehead atoms. The van der Waals surface area contributed by atoms with Gasteiger partial charge in [0.2, 0.25) is 0 Å². The number of benzene rings is 2. The maximum Gasteiger partial charge on any atom is 0.286 e. The third kappa shape index (κ3) is 3.32. The Morgan fingerprint density at radius 3 is 2.74 bits per heavy atom. The molecule has 1 aliphatic carbocycles. The number of nitrogens with zero attached hydrogens (tertiary/aromatic N) is 2. The van der Waals surface area contributed by atoms with E-state index in [0.717, 1.165) is 25.3 Å². The van der Waals surface area contributed by atoms with E-state index in [-0.39, 0.29) is 33.1 Å². The number of nitrogens with one attached hydrogen (secondary N) is 1. The van der Waals surface area contributed by atoms with Crippen molar-refractivity contribution < 1.29 is 17.9 Å². The van der Waals surface area contributed by atoms with Crippen molar-refractivity contribution in [2.45, 2.75) is 30.7 Å². The molecule has 1 saturated carbocycles. The predicted octanol–water partition coefficient (Wildman–Crippen LogP) is 2.79. The summed E-state index contributed by atoms with van der Waals surface area (Å²) in [6, 6.07) is 8.01. The van der Waals surface area contributed by atoms with Gasteiger partial charge < -0.3 is 20.7 Å². The summed E-state index contributed by atoms with van der Waals surface area (Å²) >= 11 is 0. The fourth-order valence-electron chi connectivity index (χ4n) is 3.85. The van der Waals surface area contributed by atoms with E-state index in [4.69, 9.17) is 5.73 Å². The van der Waals surface area contributed by atoms with Gasteiger partial charge in [0.25, 0.3) is 15.6 Å². The Hall–Kier alpha value is -3.40. The van der Waals surface area contributed by atoms with Gasteiger partial charge in [-0.25, -0.2) is 4.39 Å². The third-order valence-electron chi connectivity index (χ3n) is 5.64. The Balaban J connectivity index is 1.74. The van der Waals surface area contributed by atoms with Crippen LogP contribution in [0.2, 0.25) is 0 Å². The number of pyridine rings is 1. The maximum atomic E-state index is 14.0. The molecule has 160 valence electrons. The number of fused-ring (bicyclic) bond motifs is 2. The lowest BCUT2D eigenvalue weighted by Gasteiger charge is -2.21. The zero-order valence-corrected chi connectivity index (χ0v) is 17.1. The summed E-state index contributed by atoms with van der Waals surface area (Å²) in [7, 11) is -4.17. The van der Waals surface area contributed by atoms with E-state index in [9.17, 15) is 22.7 Å².